The lowest BCUT2D eigenvalue weighted by Gasteiger charge is -2.14. The largest absolute Gasteiger partial charge is 0.455 e. The van der Waals surface area contributed by atoms with Gasteiger partial charge < -0.3 is 4.42 Å². The lowest BCUT2D eigenvalue weighted by molar-refractivity contribution is 0.670. The van der Waals surface area contributed by atoms with Gasteiger partial charge in [-0.15, -0.1) is 0 Å². The second-order valence-electron chi connectivity index (χ2n) is 11.5. The average Bonchev–Trinajstić information content (AvgIpc) is 3.53. The predicted octanol–water partition coefficient (Wildman–Crippen LogP) is 10.7. The van der Waals surface area contributed by atoms with Crippen molar-refractivity contribution in [2.24, 2.45) is 0 Å². The van der Waals surface area contributed by atoms with Crippen LogP contribution in [-0.4, -0.2) is 19.9 Å². The highest BCUT2D eigenvalue weighted by Crippen LogP contribution is 2.44. The van der Waals surface area contributed by atoms with Crippen molar-refractivity contribution >= 4 is 32.8 Å². The molecule has 3 heterocycles. The Morgan fingerprint density at radius 2 is 1.00 bits per heavy atom. The van der Waals surface area contributed by atoms with E-state index in [0.29, 0.717) is 17.5 Å². The van der Waals surface area contributed by atoms with E-state index in [-0.39, 0.29) is 0 Å². The Hall–Kier alpha value is -6.46. The van der Waals surface area contributed by atoms with Gasteiger partial charge in [0.05, 0.1) is 5.52 Å². The Labute approximate surface area is 270 Å². The molecule has 5 heteroatoms. The molecule has 0 aliphatic heterocycles. The Kier molecular flexibility index (Phi) is 6.39. The van der Waals surface area contributed by atoms with Crippen molar-refractivity contribution in [1.29, 1.82) is 0 Å². The SMILES string of the molecule is c1ccc(-c2nc(-c3ccccc3)nc(-c3ccccc3-c3ccc(-c4ccccc4)c4oc5cc6ncccc6cc5c34)n2)cc1. The van der Waals surface area contributed by atoms with Crippen LogP contribution in [0.2, 0.25) is 0 Å². The normalized spacial score (nSPS) is 11.4. The molecule has 0 saturated heterocycles. The molecule has 5 nitrogen and oxygen atoms in total. The van der Waals surface area contributed by atoms with Gasteiger partial charge in [0.25, 0.3) is 0 Å². The maximum atomic E-state index is 6.73. The molecule has 0 bridgehead atoms. The Morgan fingerprint density at radius 3 is 1.68 bits per heavy atom. The van der Waals surface area contributed by atoms with E-state index in [2.05, 4.69) is 71.7 Å². The van der Waals surface area contributed by atoms with E-state index >= 15 is 0 Å². The van der Waals surface area contributed by atoms with Crippen LogP contribution in [-0.2, 0) is 0 Å². The zero-order valence-corrected chi connectivity index (χ0v) is 25.2. The van der Waals surface area contributed by atoms with Gasteiger partial charge in [-0.2, -0.15) is 0 Å². The summed E-state index contributed by atoms with van der Waals surface area (Å²) < 4.78 is 6.73. The van der Waals surface area contributed by atoms with Crippen molar-refractivity contribution in [1.82, 2.24) is 19.9 Å². The quantitative estimate of drug-likeness (QED) is 0.196. The highest BCUT2D eigenvalue weighted by atomic mass is 16.3. The second kappa shape index (κ2) is 11.2. The van der Waals surface area contributed by atoms with Gasteiger partial charge in [-0.3, -0.25) is 4.98 Å². The minimum atomic E-state index is 0.607. The van der Waals surface area contributed by atoms with Crippen molar-refractivity contribution in [3.05, 3.63) is 158 Å². The molecular weight excluding hydrogens is 576 g/mol. The summed E-state index contributed by atoms with van der Waals surface area (Å²) in [5, 5.41) is 3.14. The van der Waals surface area contributed by atoms with E-state index in [1.54, 1.807) is 0 Å². The number of pyridine rings is 1. The molecule has 0 aliphatic rings. The summed E-state index contributed by atoms with van der Waals surface area (Å²) in [6.45, 7) is 0. The van der Waals surface area contributed by atoms with Gasteiger partial charge in [0.2, 0.25) is 0 Å². The number of furan rings is 1. The first-order valence-electron chi connectivity index (χ1n) is 15.6. The number of aromatic nitrogens is 4. The molecule has 0 spiro atoms. The van der Waals surface area contributed by atoms with Crippen molar-refractivity contribution in [3.8, 4) is 56.4 Å². The molecule has 0 radical (unpaired) electrons. The Bertz CT molecular complexity index is 2500. The van der Waals surface area contributed by atoms with Gasteiger partial charge in [0.1, 0.15) is 11.2 Å². The highest BCUT2D eigenvalue weighted by molar-refractivity contribution is 6.19. The van der Waals surface area contributed by atoms with E-state index in [0.717, 1.165) is 71.8 Å². The standard InChI is InChI=1S/C42H26N4O/c1-4-13-27(14-5-1)31-22-23-33(38-35-25-30-19-12-24-43-36(30)26-37(35)47-39(31)38)32-20-10-11-21-34(32)42-45-40(28-15-6-2-7-16-28)44-41(46-42)29-17-8-3-9-18-29/h1-26H. The highest BCUT2D eigenvalue weighted by Gasteiger charge is 2.21. The monoisotopic (exact) mass is 602 g/mol. The Morgan fingerprint density at radius 1 is 0.426 bits per heavy atom. The lowest BCUT2D eigenvalue weighted by atomic mass is 9.92. The van der Waals surface area contributed by atoms with Crippen molar-refractivity contribution in [2.75, 3.05) is 0 Å². The second-order valence-corrected chi connectivity index (χ2v) is 11.5. The van der Waals surface area contributed by atoms with Crippen LogP contribution in [0.5, 0.6) is 0 Å². The third-order valence-corrected chi connectivity index (χ3v) is 8.59. The molecule has 6 aromatic carbocycles. The summed E-state index contributed by atoms with van der Waals surface area (Å²) in [5.74, 6) is 1.86. The van der Waals surface area contributed by atoms with Crippen LogP contribution >= 0.6 is 0 Å². The molecule has 0 aliphatic carbocycles. The predicted molar refractivity (Wildman–Crippen MR) is 190 cm³/mol. The van der Waals surface area contributed by atoms with Gasteiger partial charge in [0, 0.05) is 50.7 Å². The molecule has 0 atom stereocenters. The van der Waals surface area contributed by atoms with E-state index in [1.165, 1.54) is 0 Å². The molecule has 0 N–H and O–H groups in total. The summed E-state index contributed by atoms with van der Waals surface area (Å²) in [5.41, 5.74) is 9.48. The molecule has 0 saturated carbocycles. The summed E-state index contributed by atoms with van der Waals surface area (Å²) >= 11 is 0. The number of fused-ring (bicyclic) bond motifs is 4. The zero-order chi connectivity index (χ0) is 31.2. The van der Waals surface area contributed by atoms with Crippen LogP contribution in [0.25, 0.3) is 89.3 Å². The van der Waals surface area contributed by atoms with Crippen molar-refractivity contribution in [2.45, 2.75) is 0 Å². The summed E-state index contributed by atoms with van der Waals surface area (Å²) in [6, 6.07) is 51.5. The fraction of sp³-hybridized carbons (Fsp3) is 0. The number of hydrogen-bond donors (Lipinski definition) is 0. The van der Waals surface area contributed by atoms with Gasteiger partial charge in [-0.25, -0.2) is 15.0 Å². The fourth-order valence-corrected chi connectivity index (χ4v) is 6.36. The van der Waals surface area contributed by atoms with Crippen LogP contribution in [0, 0.1) is 0 Å². The van der Waals surface area contributed by atoms with Gasteiger partial charge >= 0.3 is 0 Å². The van der Waals surface area contributed by atoms with Crippen LogP contribution in [0.1, 0.15) is 0 Å². The van der Waals surface area contributed by atoms with Gasteiger partial charge in [-0.05, 0) is 34.9 Å². The fourth-order valence-electron chi connectivity index (χ4n) is 6.36. The van der Waals surface area contributed by atoms with Crippen molar-refractivity contribution < 1.29 is 4.42 Å². The van der Waals surface area contributed by atoms with Gasteiger partial charge in [0.15, 0.2) is 17.5 Å². The number of benzene rings is 6. The average molecular weight is 603 g/mol. The Balaban J connectivity index is 1.33. The van der Waals surface area contributed by atoms with Gasteiger partial charge in [-0.1, -0.05) is 127 Å². The summed E-state index contributed by atoms with van der Waals surface area (Å²) in [7, 11) is 0. The smallest absolute Gasteiger partial charge is 0.164 e. The van der Waals surface area contributed by atoms with E-state index < -0.39 is 0 Å². The molecular formula is C42H26N4O. The summed E-state index contributed by atoms with van der Waals surface area (Å²) in [6.07, 6.45) is 1.82. The third-order valence-electron chi connectivity index (χ3n) is 8.59. The first kappa shape index (κ1) is 26.9. The molecule has 220 valence electrons. The lowest BCUT2D eigenvalue weighted by Crippen LogP contribution is -2.01. The molecule has 47 heavy (non-hydrogen) atoms. The van der Waals surface area contributed by atoms with E-state index in [9.17, 15) is 0 Å². The topological polar surface area (TPSA) is 64.7 Å². The maximum absolute atomic E-state index is 6.73. The minimum absolute atomic E-state index is 0.607. The number of nitrogens with zero attached hydrogens (tertiary/aromatic N) is 4. The molecule has 3 aromatic heterocycles. The molecule has 0 amide bonds. The van der Waals surface area contributed by atoms with Crippen LogP contribution in [0.15, 0.2) is 162 Å². The molecule has 0 fully saturated rings. The first-order chi connectivity index (χ1) is 23.3. The van der Waals surface area contributed by atoms with Crippen LogP contribution in [0.3, 0.4) is 0 Å². The molecule has 0 unspecified atom stereocenters. The molecule has 9 aromatic rings. The zero-order valence-electron chi connectivity index (χ0n) is 25.2. The number of hydrogen-bond acceptors (Lipinski definition) is 5. The van der Waals surface area contributed by atoms with E-state index in [1.807, 2.05) is 91.1 Å². The van der Waals surface area contributed by atoms with Crippen molar-refractivity contribution in [3.63, 3.8) is 0 Å². The maximum Gasteiger partial charge on any atom is 0.164 e. The third kappa shape index (κ3) is 4.73. The van der Waals surface area contributed by atoms with E-state index in [4.69, 9.17) is 19.4 Å². The van der Waals surface area contributed by atoms with Crippen LogP contribution in [0.4, 0.5) is 0 Å². The molecule has 9 rings (SSSR count). The first-order valence-corrected chi connectivity index (χ1v) is 15.6. The number of rotatable bonds is 5. The van der Waals surface area contributed by atoms with Crippen LogP contribution < -0.4 is 0 Å². The summed E-state index contributed by atoms with van der Waals surface area (Å²) in [4.78, 5) is 19.7. The minimum Gasteiger partial charge on any atom is -0.455 e.